The molecule has 0 heterocycles. The molecule has 1 atom stereocenters. The first-order valence-electron chi connectivity index (χ1n) is 5.33. The van der Waals surface area contributed by atoms with Crippen molar-refractivity contribution in [1.29, 1.82) is 0 Å². The Hall–Kier alpha value is -1.35. The normalized spacial score (nSPS) is 13.2. The van der Waals surface area contributed by atoms with Crippen LogP contribution in [0.2, 0.25) is 0 Å². The van der Waals surface area contributed by atoms with Crippen molar-refractivity contribution in [3.05, 3.63) is 35.9 Å². The van der Waals surface area contributed by atoms with Gasteiger partial charge in [-0.3, -0.25) is 0 Å². The van der Waals surface area contributed by atoms with Gasteiger partial charge in [-0.05, 0) is 26.3 Å². The van der Waals surface area contributed by atoms with Crippen LogP contribution in [-0.2, 0) is 16.0 Å². The fourth-order valence-electron chi connectivity index (χ4n) is 1.29. The summed E-state index contributed by atoms with van der Waals surface area (Å²) in [5, 5.41) is 9.66. The second kappa shape index (κ2) is 5.12. The summed E-state index contributed by atoms with van der Waals surface area (Å²) in [5.41, 5.74) is 0.357. The van der Waals surface area contributed by atoms with Crippen molar-refractivity contribution in [3.63, 3.8) is 0 Å². The summed E-state index contributed by atoms with van der Waals surface area (Å²) in [6, 6.07) is 9.37. The Labute approximate surface area is 96.1 Å². The first-order chi connectivity index (χ1) is 7.38. The Kier molecular flexibility index (Phi) is 4.07. The predicted octanol–water partition coefficient (Wildman–Crippen LogP) is 1.93. The number of esters is 1. The number of hydrogen-bond donors (Lipinski definition) is 1. The lowest BCUT2D eigenvalue weighted by atomic mass is 10.1. The average molecular weight is 222 g/mol. The second-order valence-electron chi connectivity index (χ2n) is 4.74. The van der Waals surface area contributed by atoms with Crippen LogP contribution in [0.1, 0.15) is 26.3 Å². The van der Waals surface area contributed by atoms with Gasteiger partial charge in [0, 0.05) is 6.42 Å². The summed E-state index contributed by atoms with van der Waals surface area (Å²) in [5.74, 6) is -0.573. The number of aliphatic hydroxyl groups is 1. The van der Waals surface area contributed by atoms with Crippen molar-refractivity contribution in [1.82, 2.24) is 0 Å². The van der Waals surface area contributed by atoms with Crippen molar-refractivity contribution in [2.24, 2.45) is 0 Å². The Morgan fingerprint density at radius 3 is 2.38 bits per heavy atom. The van der Waals surface area contributed by atoms with Gasteiger partial charge in [0.15, 0.2) is 6.10 Å². The van der Waals surface area contributed by atoms with Gasteiger partial charge in [0.1, 0.15) is 5.60 Å². The lowest BCUT2D eigenvalue weighted by Gasteiger charge is -2.21. The zero-order valence-corrected chi connectivity index (χ0v) is 9.93. The molecule has 0 aliphatic heterocycles. The standard InChI is InChI=1S/C13H18O3/c1-13(2,3)16-12(15)11(14)9-10-7-5-4-6-8-10/h4-8,11,14H,9H2,1-3H3. The van der Waals surface area contributed by atoms with E-state index in [1.54, 1.807) is 20.8 Å². The van der Waals surface area contributed by atoms with Crippen LogP contribution in [0.3, 0.4) is 0 Å². The molecule has 0 radical (unpaired) electrons. The summed E-state index contributed by atoms with van der Waals surface area (Å²) < 4.78 is 5.08. The maximum Gasteiger partial charge on any atom is 0.335 e. The van der Waals surface area contributed by atoms with Crippen molar-refractivity contribution in [2.75, 3.05) is 0 Å². The quantitative estimate of drug-likeness (QED) is 0.795. The molecule has 1 aromatic rings. The van der Waals surface area contributed by atoms with Gasteiger partial charge < -0.3 is 9.84 Å². The van der Waals surface area contributed by atoms with Gasteiger partial charge in [-0.2, -0.15) is 0 Å². The molecule has 3 nitrogen and oxygen atoms in total. The lowest BCUT2D eigenvalue weighted by molar-refractivity contribution is -0.164. The summed E-state index contributed by atoms with van der Waals surface area (Å²) >= 11 is 0. The molecule has 0 aromatic heterocycles. The molecule has 0 aliphatic rings. The zero-order valence-electron chi connectivity index (χ0n) is 9.93. The van der Waals surface area contributed by atoms with E-state index >= 15 is 0 Å². The highest BCUT2D eigenvalue weighted by atomic mass is 16.6. The number of ether oxygens (including phenoxy) is 1. The Bertz CT molecular complexity index is 338. The molecule has 1 unspecified atom stereocenters. The van der Waals surface area contributed by atoms with E-state index in [1.165, 1.54) is 0 Å². The topological polar surface area (TPSA) is 46.5 Å². The smallest absolute Gasteiger partial charge is 0.335 e. The van der Waals surface area contributed by atoms with E-state index in [2.05, 4.69) is 0 Å². The van der Waals surface area contributed by atoms with Gasteiger partial charge in [-0.25, -0.2) is 4.79 Å². The number of hydrogen-bond acceptors (Lipinski definition) is 3. The maximum atomic E-state index is 11.5. The van der Waals surface area contributed by atoms with Gasteiger partial charge in [0.2, 0.25) is 0 Å². The number of aliphatic hydroxyl groups excluding tert-OH is 1. The van der Waals surface area contributed by atoms with E-state index < -0.39 is 17.7 Å². The minimum absolute atomic E-state index is 0.287. The van der Waals surface area contributed by atoms with Crippen LogP contribution in [0.25, 0.3) is 0 Å². The third-order valence-corrected chi connectivity index (χ3v) is 1.95. The number of benzene rings is 1. The van der Waals surface area contributed by atoms with Crippen molar-refractivity contribution >= 4 is 5.97 Å². The molecule has 0 saturated carbocycles. The van der Waals surface area contributed by atoms with Crippen LogP contribution < -0.4 is 0 Å². The average Bonchev–Trinajstić information content (AvgIpc) is 2.16. The van der Waals surface area contributed by atoms with Gasteiger partial charge in [0.25, 0.3) is 0 Å². The van der Waals surface area contributed by atoms with Gasteiger partial charge in [-0.15, -0.1) is 0 Å². The molecule has 3 heteroatoms. The highest BCUT2D eigenvalue weighted by Crippen LogP contribution is 2.11. The van der Waals surface area contributed by atoms with Crippen LogP contribution in [0.5, 0.6) is 0 Å². The minimum atomic E-state index is -1.10. The third-order valence-electron chi connectivity index (χ3n) is 1.95. The van der Waals surface area contributed by atoms with Gasteiger partial charge in [-0.1, -0.05) is 30.3 Å². The fourth-order valence-corrected chi connectivity index (χ4v) is 1.29. The number of rotatable bonds is 3. The molecule has 0 fully saturated rings. The van der Waals surface area contributed by atoms with E-state index in [0.29, 0.717) is 0 Å². The zero-order chi connectivity index (χ0) is 12.2. The molecule has 1 rings (SSSR count). The van der Waals surface area contributed by atoms with Gasteiger partial charge in [0.05, 0.1) is 0 Å². The highest BCUT2D eigenvalue weighted by Gasteiger charge is 2.23. The summed E-state index contributed by atoms with van der Waals surface area (Å²) in [6.45, 7) is 5.33. The molecule has 88 valence electrons. The van der Waals surface area contributed by atoms with Crippen LogP contribution in [0, 0.1) is 0 Å². The molecule has 0 spiro atoms. The predicted molar refractivity (Wildman–Crippen MR) is 62.0 cm³/mol. The summed E-state index contributed by atoms with van der Waals surface area (Å²) in [6.07, 6.45) is -0.808. The largest absolute Gasteiger partial charge is 0.458 e. The lowest BCUT2D eigenvalue weighted by Crippen LogP contribution is -2.32. The summed E-state index contributed by atoms with van der Waals surface area (Å²) in [7, 11) is 0. The van der Waals surface area contributed by atoms with E-state index in [4.69, 9.17) is 4.74 Å². The summed E-state index contributed by atoms with van der Waals surface area (Å²) in [4.78, 5) is 11.5. The van der Waals surface area contributed by atoms with Gasteiger partial charge >= 0.3 is 5.97 Å². The monoisotopic (exact) mass is 222 g/mol. The van der Waals surface area contributed by atoms with Crippen LogP contribution >= 0.6 is 0 Å². The van der Waals surface area contributed by atoms with Crippen molar-refractivity contribution in [2.45, 2.75) is 38.9 Å². The molecular weight excluding hydrogens is 204 g/mol. The highest BCUT2D eigenvalue weighted by molar-refractivity contribution is 5.75. The fraction of sp³-hybridized carbons (Fsp3) is 0.462. The molecule has 0 aliphatic carbocycles. The van der Waals surface area contributed by atoms with E-state index in [9.17, 15) is 9.90 Å². The van der Waals surface area contributed by atoms with Crippen molar-refractivity contribution in [3.8, 4) is 0 Å². The molecule has 0 bridgehead atoms. The van der Waals surface area contributed by atoms with E-state index in [0.717, 1.165) is 5.56 Å². The van der Waals surface area contributed by atoms with Crippen LogP contribution in [0.15, 0.2) is 30.3 Å². The Morgan fingerprint density at radius 2 is 1.88 bits per heavy atom. The second-order valence-corrected chi connectivity index (χ2v) is 4.74. The molecule has 1 aromatic carbocycles. The first kappa shape index (κ1) is 12.7. The first-order valence-corrected chi connectivity index (χ1v) is 5.33. The molecule has 1 N–H and O–H groups in total. The van der Waals surface area contributed by atoms with E-state index in [1.807, 2.05) is 30.3 Å². The molecular formula is C13H18O3. The molecule has 16 heavy (non-hydrogen) atoms. The van der Waals surface area contributed by atoms with Crippen molar-refractivity contribution < 1.29 is 14.6 Å². The number of carbonyl (C=O) groups is 1. The maximum absolute atomic E-state index is 11.5. The number of carbonyl (C=O) groups excluding carboxylic acids is 1. The molecule has 0 saturated heterocycles. The Balaban J connectivity index is 2.53. The molecule has 0 amide bonds. The third kappa shape index (κ3) is 4.45. The van der Waals surface area contributed by atoms with E-state index in [-0.39, 0.29) is 6.42 Å². The van der Waals surface area contributed by atoms with Crippen LogP contribution in [-0.4, -0.2) is 22.8 Å². The minimum Gasteiger partial charge on any atom is -0.458 e. The van der Waals surface area contributed by atoms with Crippen LogP contribution in [0.4, 0.5) is 0 Å². The Morgan fingerprint density at radius 1 is 1.31 bits per heavy atom. The SMILES string of the molecule is CC(C)(C)OC(=O)C(O)Cc1ccccc1.